The number of hydrogen-bond acceptors (Lipinski definition) is 3. The highest BCUT2D eigenvalue weighted by Gasteiger charge is 2.37. The maximum absolute atomic E-state index is 9.59. The molecule has 0 bridgehead atoms. The predicted molar refractivity (Wildman–Crippen MR) is 42.9 cm³/mol. The van der Waals surface area contributed by atoms with E-state index in [0.717, 1.165) is 12.8 Å². The normalized spacial score (nSPS) is 44.3. The third kappa shape index (κ3) is 1.09. The molecule has 0 aromatic carbocycles. The lowest BCUT2D eigenvalue weighted by Crippen LogP contribution is -2.46. The minimum absolute atomic E-state index is 0.0753. The molecule has 3 heteroatoms. The van der Waals surface area contributed by atoms with E-state index in [0.29, 0.717) is 6.04 Å². The molecule has 62 valence electrons. The molecule has 1 fully saturated rings. The van der Waals surface area contributed by atoms with E-state index in [1.807, 2.05) is 11.9 Å². The molecule has 2 aliphatic rings. The molecule has 0 aromatic rings. The Morgan fingerprint density at radius 3 is 3.18 bits per heavy atom. The van der Waals surface area contributed by atoms with E-state index in [4.69, 9.17) is 5.73 Å². The van der Waals surface area contributed by atoms with Crippen LogP contribution in [0.1, 0.15) is 12.8 Å². The lowest BCUT2D eigenvalue weighted by atomic mass is 10.1. The molecular formula is C8H14N2O. The van der Waals surface area contributed by atoms with Gasteiger partial charge in [0.15, 0.2) is 0 Å². The van der Waals surface area contributed by atoms with Crippen LogP contribution in [0.5, 0.6) is 0 Å². The first-order valence-corrected chi connectivity index (χ1v) is 4.06. The van der Waals surface area contributed by atoms with Crippen molar-refractivity contribution in [2.24, 2.45) is 5.73 Å². The van der Waals surface area contributed by atoms with Crippen LogP contribution in [0.25, 0.3) is 0 Å². The summed E-state index contributed by atoms with van der Waals surface area (Å²) in [6.45, 7) is 0. The van der Waals surface area contributed by atoms with Crippen LogP contribution in [0, 0.1) is 0 Å². The molecule has 11 heavy (non-hydrogen) atoms. The van der Waals surface area contributed by atoms with Crippen LogP contribution in [0.3, 0.4) is 0 Å². The topological polar surface area (TPSA) is 49.5 Å². The van der Waals surface area contributed by atoms with Crippen LogP contribution in [0.15, 0.2) is 11.6 Å². The van der Waals surface area contributed by atoms with E-state index in [1.165, 1.54) is 5.57 Å². The molecule has 1 aliphatic heterocycles. The van der Waals surface area contributed by atoms with Crippen molar-refractivity contribution < 1.29 is 5.11 Å². The fourth-order valence-corrected chi connectivity index (χ4v) is 1.71. The summed E-state index contributed by atoms with van der Waals surface area (Å²) in [5, 5.41) is 9.59. The summed E-state index contributed by atoms with van der Waals surface area (Å²) in [7, 11) is 1.92. The summed E-state index contributed by atoms with van der Waals surface area (Å²) < 4.78 is 0. The second-order valence-electron chi connectivity index (χ2n) is 3.47. The number of aliphatic hydroxyl groups excluding tert-OH is 1. The van der Waals surface area contributed by atoms with Crippen molar-refractivity contribution in [2.75, 3.05) is 7.05 Å². The first kappa shape index (κ1) is 7.28. The number of aliphatic hydroxyl groups is 1. The van der Waals surface area contributed by atoms with E-state index in [-0.39, 0.29) is 6.04 Å². The highest BCUT2D eigenvalue weighted by Crippen LogP contribution is 2.34. The Morgan fingerprint density at radius 2 is 2.45 bits per heavy atom. The van der Waals surface area contributed by atoms with E-state index in [9.17, 15) is 5.11 Å². The first-order chi connectivity index (χ1) is 5.20. The van der Waals surface area contributed by atoms with Gasteiger partial charge in [-0.05, 0) is 19.9 Å². The number of nitrogens with two attached hydrogens (primary N) is 1. The molecule has 1 saturated heterocycles. The zero-order valence-electron chi connectivity index (χ0n) is 6.70. The fraction of sp³-hybridized carbons (Fsp3) is 0.750. The summed E-state index contributed by atoms with van der Waals surface area (Å²) in [4.78, 5) is 1.94. The lowest BCUT2D eigenvalue weighted by molar-refractivity contribution is 0.00395. The summed E-state index contributed by atoms with van der Waals surface area (Å²) in [5.74, 6) is 0. The molecular weight excluding hydrogens is 140 g/mol. The van der Waals surface area contributed by atoms with Crippen LogP contribution in [0.2, 0.25) is 0 Å². The molecule has 0 aromatic heterocycles. The number of rotatable bonds is 0. The van der Waals surface area contributed by atoms with Crippen LogP contribution in [0.4, 0.5) is 0 Å². The first-order valence-electron chi connectivity index (χ1n) is 4.06. The zero-order chi connectivity index (χ0) is 8.01. The Morgan fingerprint density at radius 1 is 1.73 bits per heavy atom. The maximum Gasteiger partial charge on any atom is 0.123 e. The van der Waals surface area contributed by atoms with Gasteiger partial charge in [0.1, 0.15) is 6.23 Å². The van der Waals surface area contributed by atoms with E-state index >= 15 is 0 Å². The van der Waals surface area contributed by atoms with Crippen molar-refractivity contribution in [3.63, 3.8) is 0 Å². The number of likely N-dealkylation sites (N-methyl/N-ethyl adjacent to an activating group) is 1. The van der Waals surface area contributed by atoms with Crippen molar-refractivity contribution in [1.29, 1.82) is 0 Å². The third-order valence-corrected chi connectivity index (χ3v) is 2.65. The molecule has 0 amide bonds. The average Bonchev–Trinajstić information content (AvgIpc) is 2.75. The zero-order valence-corrected chi connectivity index (χ0v) is 6.70. The van der Waals surface area contributed by atoms with Gasteiger partial charge in [-0.1, -0.05) is 11.6 Å². The van der Waals surface area contributed by atoms with Crippen LogP contribution >= 0.6 is 0 Å². The minimum atomic E-state index is -0.462. The van der Waals surface area contributed by atoms with Gasteiger partial charge in [-0.25, -0.2) is 0 Å². The predicted octanol–water partition coefficient (Wildman–Crippen LogP) is -0.334. The summed E-state index contributed by atoms with van der Waals surface area (Å²) in [6.07, 6.45) is 3.70. The second kappa shape index (κ2) is 2.30. The Labute approximate surface area is 66.5 Å². The SMILES string of the molecule is CN1C2C=C2CC[C@H](N)C1O. The molecule has 0 spiro atoms. The van der Waals surface area contributed by atoms with Crippen molar-refractivity contribution in [2.45, 2.75) is 31.2 Å². The van der Waals surface area contributed by atoms with Gasteiger partial charge in [0, 0.05) is 6.04 Å². The van der Waals surface area contributed by atoms with Crippen molar-refractivity contribution >= 4 is 0 Å². The molecule has 0 radical (unpaired) electrons. The van der Waals surface area contributed by atoms with E-state index < -0.39 is 6.23 Å². The quantitative estimate of drug-likeness (QED) is 0.470. The average molecular weight is 154 g/mol. The molecule has 3 nitrogen and oxygen atoms in total. The second-order valence-corrected chi connectivity index (χ2v) is 3.47. The summed E-state index contributed by atoms with van der Waals surface area (Å²) in [6, 6.07) is 0.340. The van der Waals surface area contributed by atoms with E-state index in [2.05, 4.69) is 6.08 Å². The Balaban J connectivity index is 2.09. The van der Waals surface area contributed by atoms with Crippen LogP contribution in [-0.4, -0.2) is 35.4 Å². The van der Waals surface area contributed by atoms with Gasteiger partial charge in [-0.15, -0.1) is 0 Å². The minimum Gasteiger partial charge on any atom is -0.377 e. The van der Waals surface area contributed by atoms with Crippen LogP contribution in [-0.2, 0) is 0 Å². The monoisotopic (exact) mass is 154 g/mol. The van der Waals surface area contributed by atoms with E-state index in [1.54, 1.807) is 0 Å². The summed E-state index contributed by atoms with van der Waals surface area (Å²) >= 11 is 0. The highest BCUT2D eigenvalue weighted by molar-refractivity contribution is 5.36. The fourth-order valence-electron chi connectivity index (χ4n) is 1.71. The smallest absolute Gasteiger partial charge is 0.123 e. The number of fused-ring (bicyclic) bond motifs is 1. The van der Waals surface area contributed by atoms with Crippen LogP contribution < -0.4 is 5.73 Å². The molecule has 3 atom stereocenters. The molecule has 0 saturated carbocycles. The Bertz CT molecular complexity index is 200. The van der Waals surface area contributed by atoms with Gasteiger partial charge >= 0.3 is 0 Å². The van der Waals surface area contributed by atoms with Crippen molar-refractivity contribution in [3.8, 4) is 0 Å². The van der Waals surface area contributed by atoms with Gasteiger partial charge in [0.05, 0.1) is 6.04 Å². The molecule has 3 N–H and O–H groups in total. The Kier molecular flexibility index (Phi) is 1.52. The number of hydrogen-bond donors (Lipinski definition) is 2. The molecule has 2 unspecified atom stereocenters. The standard InChI is InChI=1S/C8H14N2O/c1-10-7-4-5(7)2-3-6(9)8(10)11/h4,6-8,11H,2-3,9H2,1H3/t6-,7?,8?/m0/s1. The Hall–Kier alpha value is -0.380. The van der Waals surface area contributed by atoms with Crippen molar-refractivity contribution in [1.82, 2.24) is 4.90 Å². The van der Waals surface area contributed by atoms with Gasteiger partial charge in [0.2, 0.25) is 0 Å². The van der Waals surface area contributed by atoms with Gasteiger partial charge < -0.3 is 10.8 Å². The lowest BCUT2D eigenvalue weighted by Gasteiger charge is -2.25. The highest BCUT2D eigenvalue weighted by atomic mass is 16.3. The molecule has 1 heterocycles. The van der Waals surface area contributed by atoms with Gasteiger partial charge in [-0.2, -0.15) is 0 Å². The van der Waals surface area contributed by atoms with Gasteiger partial charge in [-0.3, -0.25) is 4.90 Å². The number of nitrogens with zero attached hydrogens (tertiary/aromatic N) is 1. The molecule has 2 rings (SSSR count). The largest absolute Gasteiger partial charge is 0.377 e. The third-order valence-electron chi connectivity index (χ3n) is 2.65. The summed E-state index contributed by atoms with van der Waals surface area (Å²) in [5.41, 5.74) is 7.18. The number of likely N-dealkylation sites (tertiary alicyclic amines) is 1. The maximum atomic E-state index is 9.59. The molecule has 1 aliphatic carbocycles. The van der Waals surface area contributed by atoms with Crippen molar-refractivity contribution in [3.05, 3.63) is 11.6 Å². The van der Waals surface area contributed by atoms with Gasteiger partial charge in [0.25, 0.3) is 0 Å².